The van der Waals surface area contributed by atoms with Gasteiger partial charge in [-0.2, -0.15) is 0 Å². The minimum Gasteiger partial charge on any atom is -0.302 e. The number of hydrogen-bond donors (Lipinski definition) is 1. The largest absolute Gasteiger partial charge is 0.302 e. The highest BCUT2D eigenvalue weighted by Crippen LogP contribution is 2.11. The molecule has 1 aliphatic carbocycles. The summed E-state index contributed by atoms with van der Waals surface area (Å²) in [7, 11) is 0. The molecule has 1 atom stereocenters. The van der Waals surface area contributed by atoms with Crippen LogP contribution in [-0.4, -0.2) is 8.76 Å². The van der Waals surface area contributed by atoms with Gasteiger partial charge in [-0.05, 0) is 6.08 Å². The fourth-order valence-electron chi connectivity index (χ4n) is 0.557. The van der Waals surface area contributed by atoms with Crippen LogP contribution in [0.15, 0.2) is 23.1 Å². The summed E-state index contributed by atoms with van der Waals surface area (Å²) in [6.07, 6.45) is 5.92. The molecule has 0 bridgehead atoms. The van der Waals surface area contributed by atoms with Gasteiger partial charge in [-0.1, -0.05) is 12.2 Å². The van der Waals surface area contributed by atoms with Crippen LogP contribution in [0.2, 0.25) is 0 Å². The van der Waals surface area contributed by atoms with E-state index in [4.69, 9.17) is 4.55 Å². The summed E-state index contributed by atoms with van der Waals surface area (Å²) >= 11 is -1.74. The zero-order chi connectivity index (χ0) is 5.98. The average Bonchev–Trinajstić information content (AvgIpc) is 2.12. The van der Waals surface area contributed by atoms with E-state index in [1.54, 1.807) is 12.2 Å². The van der Waals surface area contributed by atoms with Crippen LogP contribution in [-0.2, 0) is 11.1 Å². The predicted octanol–water partition coefficient (Wildman–Crippen LogP) is 1.05. The van der Waals surface area contributed by atoms with Crippen molar-refractivity contribution in [1.82, 2.24) is 0 Å². The molecule has 0 aromatic heterocycles. The van der Waals surface area contributed by atoms with Crippen LogP contribution in [0.5, 0.6) is 0 Å². The third-order valence-corrected chi connectivity index (χ3v) is 1.71. The van der Waals surface area contributed by atoms with Gasteiger partial charge >= 0.3 is 0 Å². The molecule has 1 aliphatic rings. The molecular weight excluding hydrogens is 124 g/mol. The topological polar surface area (TPSA) is 37.3 Å². The molecule has 44 valence electrons. The van der Waals surface area contributed by atoms with E-state index in [1.165, 1.54) is 0 Å². The van der Waals surface area contributed by atoms with Gasteiger partial charge in [0, 0.05) is 11.3 Å². The number of rotatable bonds is 1. The molecule has 0 fully saturated rings. The zero-order valence-corrected chi connectivity index (χ0v) is 5.02. The Kier molecular flexibility index (Phi) is 1.60. The van der Waals surface area contributed by atoms with Crippen molar-refractivity contribution in [2.75, 3.05) is 0 Å². The molecule has 0 heterocycles. The quantitative estimate of drug-likeness (QED) is 0.539. The lowest BCUT2D eigenvalue weighted by Crippen LogP contribution is -1.87. The third-order valence-electron chi connectivity index (χ3n) is 0.962. The summed E-state index contributed by atoms with van der Waals surface area (Å²) in [5.41, 5.74) is 0. The fraction of sp³-hybridized carbons (Fsp3) is 0.200. The lowest BCUT2D eigenvalue weighted by Gasteiger charge is -1.88. The Morgan fingerprint density at radius 1 is 1.75 bits per heavy atom. The first kappa shape index (κ1) is 5.72. The maximum atomic E-state index is 10.2. The average molecular weight is 130 g/mol. The van der Waals surface area contributed by atoms with E-state index in [1.807, 2.05) is 6.08 Å². The normalized spacial score (nSPS) is 20.9. The summed E-state index contributed by atoms with van der Waals surface area (Å²) in [4.78, 5) is 0.588. The molecular formula is C5H6O2S. The van der Waals surface area contributed by atoms with Crippen LogP contribution in [0.4, 0.5) is 0 Å². The van der Waals surface area contributed by atoms with Gasteiger partial charge < -0.3 is 4.55 Å². The minimum absolute atomic E-state index is 0.588. The van der Waals surface area contributed by atoms with Crippen LogP contribution in [0.25, 0.3) is 0 Å². The SMILES string of the molecule is O=S(O)C1=CC=CC1. The predicted molar refractivity (Wildman–Crippen MR) is 32.6 cm³/mol. The molecule has 8 heavy (non-hydrogen) atoms. The molecule has 1 unspecified atom stereocenters. The standard InChI is InChI=1S/C5H6O2S/c6-8(7)5-3-1-2-4-5/h1-3H,4H2,(H,6,7). The second-order valence-electron chi connectivity index (χ2n) is 1.51. The summed E-state index contributed by atoms with van der Waals surface area (Å²) in [6, 6.07) is 0. The molecule has 0 amide bonds. The highest BCUT2D eigenvalue weighted by Gasteiger charge is 2.03. The summed E-state index contributed by atoms with van der Waals surface area (Å²) in [6.45, 7) is 0. The smallest absolute Gasteiger partial charge is 0.182 e. The van der Waals surface area contributed by atoms with Crippen molar-refractivity contribution in [2.45, 2.75) is 6.42 Å². The van der Waals surface area contributed by atoms with Crippen molar-refractivity contribution in [2.24, 2.45) is 0 Å². The third kappa shape index (κ3) is 1.05. The minimum atomic E-state index is -1.74. The van der Waals surface area contributed by atoms with Gasteiger partial charge in [-0.3, -0.25) is 0 Å². The van der Waals surface area contributed by atoms with E-state index in [0.29, 0.717) is 11.3 Å². The molecule has 0 aromatic carbocycles. The molecule has 3 heteroatoms. The first-order valence-corrected chi connectivity index (χ1v) is 3.38. The molecule has 1 rings (SSSR count). The number of allylic oxidation sites excluding steroid dienone is 4. The molecule has 1 N–H and O–H groups in total. The Bertz CT molecular complexity index is 169. The monoisotopic (exact) mass is 130 g/mol. The fourth-order valence-corrected chi connectivity index (χ4v) is 0.991. The number of hydrogen-bond acceptors (Lipinski definition) is 1. The van der Waals surface area contributed by atoms with Crippen LogP contribution in [0, 0.1) is 0 Å². The van der Waals surface area contributed by atoms with Crippen molar-refractivity contribution in [1.29, 1.82) is 0 Å². The Morgan fingerprint density at radius 2 is 2.50 bits per heavy atom. The van der Waals surface area contributed by atoms with E-state index < -0.39 is 11.1 Å². The molecule has 0 aromatic rings. The van der Waals surface area contributed by atoms with Crippen molar-refractivity contribution in [3.63, 3.8) is 0 Å². The maximum Gasteiger partial charge on any atom is 0.182 e. The zero-order valence-electron chi connectivity index (χ0n) is 4.20. The van der Waals surface area contributed by atoms with E-state index in [2.05, 4.69) is 0 Å². The molecule has 0 radical (unpaired) electrons. The molecule has 2 nitrogen and oxygen atoms in total. The Labute approximate surface area is 50.2 Å². The lowest BCUT2D eigenvalue weighted by molar-refractivity contribution is 0.570. The van der Waals surface area contributed by atoms with Crippen LogP contribution in [0.1, 0.15) is 6.42 Å². The van der Waals surface area contributed by atoms with Gasteiger partial charge in [-0.15, -0.1) is 0 Å². The van der Waals surface area contributed by atoms with E-state index >= 15 is 0 Å². The second kappa shape index (κ2) is 2.24. The Hall–Kier alpha value is -0.410. The van der Waals surface area contributed by atoms with Gasteiger partial charge in [0.2, 0.25) is 0 Å². The highest BCUT2D eigenvalue weighted by atomic mass is 32.2. The van der Waals surface area contributed by atoms with E-state index in [9.17, 15) is 4.21 Å². The lowest BCUT2D eigenvalue weighted by atomic mass is 10.5. The van der Waals surface area contributed by atoms with Gasteiger partial charge in [0.25, 0.3) is 0 Å². The Balaban J connectivity index is 2.64. The Morgan fingerprint density at radius 3 is 2.75 bits per heavy atom. The van der Waals surface area contributed by atoms with Gasteiger partial charge in [-0.25, -0.2) is 4.21 Å². The molecule has 0 saturated carbocycles. The van der Waals surface area contributed by atoms with Crippen LogP contribution in [0.3, 0.4) is 0 Å². The second-order valence-corrected chi connectivity index (χ2v) is 2.54. The van der Waals surface area contributed by atoms with Crippen molar-refractivity contribution >= 4 is 11.1 Å². The first-order chi connectivity index (χ1) is 3.80. The van der Waals surface area contributed by atoms with Crippen molar-refractivity contribution in [3.8, 4) is 0 Å². The van der Waals surface area contributed by atoms with Gasteiger partial charge in [0.1, 0.15) is 0 Å². The molecule has 0 aliphatic heterocycles. The van der Waals surface area contributed by atoms with Gasteiger partial charge in [0.05, 0.1) is 0 Å². The first-order valence-electron chi connectivity index (χ1n) is 2.27. The van der Waals surface area contributed by atoms with Crippen molar-refractivity contribution in [3.05, 3.63) is 23.1 Å². The van der Waals surface area contributed by atoms with E-state index in [0.717, 1.165) is 0 Å². The summed E-state index contributed by atoms with van der Waals surface area (Å²) in [5.74, 6) is 0. The van der Waals surface area contributed by atoms with E-state index in [-0.39, 0.29) is 0 Å². The maximum absolute atomic E-state index is 10.2. The molecule has 0 spiro atoms. The van der Waals surface area contributed by atoms with Crippen LogP contribution < -0.4 is 0 Å². The summed E-state index contributed by atoms with van der Waals surface area (Å²) < 4.78 is 18.6. The molecule has 0 saturated heterocycles. The van der Waals surface area contributed by atoms with Gasteiger partial charge in [0.15, 0.2) is 11.1 Å². The summed E-state index contributed by atoms with van der Waals surface area (Å²) in [5, 5.41) is 0. The highest BCUT2D eigenvalue weighted by molar-refractivity contribution is 7.83. The van der Waals surface area contributed by atoms with Crippen LogP contribution >= 0.6 is 0 Å². The van der Waals surface area contributed by atoms with Crippen molar-refractivity contribution < 1.29 is 8.76 Å².